The van der Waals surface area contributed by atoms with Gasteiger partial charge in [0, 0.05) is 24.7 Å². The Morgan fingerprint density at radius 1 is 0.897 bits per heavy atom. The van der Waals surface area contributed by atoms with E-state index in [0.29, 0.717) is 24.7 Å². The highest BCUT2D eigenvalue weighted by atomic mass is 32.2. The van der Waals surface area contributed by atoms with E-state index < -0.39 is 26.6 Å². The molecule has 0 saturated carbocycles. The SMILES string of the molecule is O=S(=O)(/N=C(/c1ccccc1)N1CCc2ccccc2C1)c1ccc(F)cc1F. The average Bonchev–Trinajstić information content (AvgIpc) is 2.72. The molecule has 0 aromatic heterocycles. The molecular formula is C22H18F2N2O2S. The summed E-state index contributed by atoms with van der Waals surface area (Å²) in [6.45, 7) is 1.07. The van der Waals surface area contributed by atoms with Gasteiger partial charge in [-0.2, -0.15) is 8.42 Å². The van der Waals surface area contributed by atoms with Gasteiger partial charge in [-0.1, -0.05) is 54.6 Å². The van der Waals surface area contributed by atoms with Crippen molar-refractivity contribution in [1.29, 1.82) is 0 Å². The average molecular weight is 412 g/mol. The molecule has 4 rings (SSSR count). The van der Waals surface area contributed by atoms with Crippen molar-refractivity contribution in [1.82, 2.24) is 4.90 Å². The van der Waals surface area contributed by atoms with Gasteiger partial charge in [0.15, 0.2) is 0 Å². The zero-order valence-electron chi connectivity index (χ0n) is 15.4. The van der Waals surface area contributed by atoms with Crippen LogP contribution in [0.4, 0.5) is 8.78 Å². The second kappa shape index (κ2) is 7.75. The first-order valence-corrected chi connectivity index (χ1v) is 10.6. The van der Waals surface area contributed by atoms with Crippen LogP contribution < -0.4 is 0 Å². The Morgan fingerprint density at radius 2 is 1.59 bits per heavy atom. The van der Waals surface area contributed by atoms with E-state index >= 15 is 0 Å². The molecule has 1 aliphatic rings. The highest BCUT2D eigenvalue weighted by Crippen LogP contribution is 2.24. The van der Waals surface area contributed by atoms with Crippen LogP contribution in [0.3, 0.4) is 0 Å². The van der Waals surface area contributed by atoms with E-state index in [4.69, 9.17) is 0 Å². The van der Waals surface area contributed by atoms with Crippen molar-refractivity contribution >= 4 is 15.9 Å². The summed E-state index contributed by atoms with van der Waals surface area (Å²) in [5.41, 5.74) is 2.91. The molecule has 0 bridgehead atoms. The molecular weight excluding hydrogens is 394 g/mol. The van der Waals surface area contributed by atoms with Gasteiger partial charge < -0.3 is 4.90 Å². The molecule has 0 radical (unpaired) electrons. The maximum Gasteiger partial charge on any atom is 0.287 e. The highest BCUT2D eigenvalue weighted by Gasteiger charge is 2.25. The summed E-state index contributed by atoms with van der Waals surface area (Å²) in [7, 11) is -4.38. The maximum atomic E-state index is 14.1. The van der Waals surface area contributed by atoms with Gasteiger partial charge in [-0.3, -0.25) is 0 Å². The zero-order valence-corrected chi connectivity index (χ0v) is 16.2. The van der Waals surface area contributed by atoms with Crippen molar-refractivity contribution in [3.63, 3.8) is 0 Å². The number of hydrogen-bond acceptors (Lipinski definition) is 2. The summed E-state index contributed by atoms with van der Waals surface area (Å²) < 4.78 is 57.1. The number of benzene rings is 3. The Balaban J connectivity index is 1.79. The molecule has 0 saturated heterocycles. The van der Waals surface area contributed by atoms with Gasteiger partial charge in [-0.05, 0) is 29.7 Å². The Labute approximate surface area is 168 Å². The molecule has 0 unspecified atom stereocenters. The van der Waals surface area contributed by atoms with Crippen LogP contribution in [0.1, 0.15) is 16.7 Å². The molecule has 148 valence electrons. The third-order valence-corrected chi connectivity index (χ3v) is 6.14. The van der Waals surface area contributed by atoms with Crippen LogP contribution in [-0.4, -0.2) is 25.7 Å². The van der Waals surface area contributed by atoms with Crippen molar-refractivity contribution in [3.05, 3.63) is 101 Å². The van der Waals surface area contributed by atoms with Crippen molar-refractivity contribution in [3.8, 4) is 0 Å². The molecule has 0 atom stereocenters. The van der Waals surface area contributed by atoms with Crippen molar-refractivity contribution in [2.75, 3.05) is 6.54 Å². The Kier molecular flexibility index (Phi) is 5.15. The van der Waals surface area contributed by atoms with Crippen LogP contribution in [-0.2, 0) is 23.0 Å². The molecule has 7 heteroatoms. The normalized spacial score (nSPS) is 14.6. The molecule has 4 nitrogen and oxygen atoms in total. The third kappa shape index (κ3) is 4.05. The number of amidine groups is 1. The maximum absolute atomic E-state index is 14.1. The van der Waals surface area contributed by atoms with E-state index in [9.17, 15) is 17.2 Å². The standard InChI is InChI=1S/C22H18F2N2O2S/c23-19-10-11-21(20(24)14-19)29(27,28)25-22(17-7-2-1-3-8-17)26-13-12-16-6-4-5-9-18(16)15-26/h1-11,14H,12-13,15H2/b25-22-. The van der Waals surface area contributed by atoms with E-state index in [0.717, 1.165) is 24.1 Å². The molecule has 0 fully saturated rings. The second-order valence-electron chi connectivity index (χ2n) is 6.77. The Morgan fingerprint density at radius 3 is 2.31 bits per heavy atom. The summed E-state index contributed by atoms with van der Waals surface area (Å²) in [6.07, 6.45) is 0.743. The number of rotatable bonds is 3. The van der Waals surface area contributed by atoms with Crippen molar-refractivity contribution in [2.24, 2.45) is 4.40 Å². The van der Waals surface area contributed by atoms with E-state index in [2.05, 4.69) is 10.5 Å². The predicted octanol–water partition coefficient (Wildman–Crippen LogP) is 4.16. The minimum absolute atomic E-state index is 0.240. The molecule has 3 aromatic rings. The van der Waals surface area contributed by atoms with Crippen molar-refractivity contribution in [2.45, 2.75) is 17.9 Å². The van der Waals surface area contributed by atoms with Crippen molar-refractivity contribution < 1.29 is 17.2 Å². The minimum atomic E-state index is -4.38. The zero-order chi connectivity index (χ0) is 20.4. The van der Waals surface area contributed by atoms with Gasteiger partial charge in [0.05, 0.1) is 0 Å². The van der Waals surface area contributed by atoms with Gasteiger partial charge in [0.1, 0.15) is 22.4 Å². The minimum Gasteiger partial charge on any atom is -0.351 e. The van der Waals surface area contributed by atoms with Crippen LogP contribution in [0.25, 0.3) is 0 Å². The van der Waals surface area contributed by atoms with Gasteiger partial charge in [0.25, 0.3) is 10.0 Å². The molecule has 0 amide bonds. The summed E-state index contributed by atoms with van der Waals surface area (Å²) >= 11 is 0. The lowest BCUT2D eigenvalue weighted by Gasteiger charge is -2.31. The predicted molar refractivity (Wildman–Crippen MR) is 107 cm³/mol. The molecule has 3 aromatic carbocycles. The first-order chi connectivity index (χ1) is 13.9. The fourth-order valence-electron chi connectivity index (χ4n) is 3.40. The van der Waals surface area contributed by atoms with E-state index in [1.807, 2.05) is 29.2 Å². The van der Waals surface area contributed by atoms with Crippen LogP contribution in [0.15, 0.2) is 82.1 Å². The first kappa shape index (κ1) is 19.3. The first-order valence-electron chi connectivity index (χ1n) is 9.11. The second-order valence-corrected chi connectivity index (χ2v) is 8.34. The van der Waals surface area contributed by atoms with Gasteiger partial charge in [-0.15, -0.1) is 4.40 Å². The number of sulfonamides is 1. The lowest BCUT2D eigenvalue weighted by molar-refractivity contribution is 0.395. The molecule has 0 aliphatic carbocycles. The van der Waals surface area contributed by atoms with Gasteiger partial charge in [0.2, 0.25) is 0 Å². The number of fused-ring (bicyclic) bond motifs is 1. The molecule has 0 N–H and O–H groups in total. The molecule has 29 heavy (non-hydrogen) atoms. The largest absolute Gasteiger partial charge is 0.351 e. The monoisotopic (exact) mass is 412 g/mol. The third-order valence-electron chi connectivity index (χ3n) is 4.84. The van der Waals surface area contributed by atoms with Crippen LogP contribution in [0, 0.1) is 11.6 Å². The number of hydrogen-bond donors (Lipinski definition) is 0. The van der Waals surface area contributed by atoms with E-state index in [-0.39, 0.29) is 5.84 Å². The van der Waals surface area contributed by atoms with Crippen LogP contribution in [0.2, 0.25) is 0 Å². The fourth-order valence-corrected chi connectivity index (χ4v) is 4.50. The molecule has 1 heterocycles. The summed E-state index contributed by atoms with van der Waals surface area (Å²) in [6, 6.07) is 19.2. The summed E-state index contributed by atoms with van der Waals surface area (Å²) in [5.74, 6) is -1.77. The smallest absolute Gasteiger partial charge is 0.287 e. The van der Waals surface area contributed by atoms with Gasteiger partial charge in [-0.25, -0.2) is 8.78 Å². The quantitative estimate of drug-likeness (QED) is 0.480. The molecule has 1 aliphatic heterocycles. The van der Waals surface area contributed by atoms with E-state index in [1.165, 1.54) is 5.56 Å². The fraction of sp³-hybridized carbons (Fsp3) is 0.136. The van der Waals surface area contributed by atoms with E-state index in [1.54, 1.807) is 24.3 Å². The van der Waals surface area contributed by atoms with Gasteiger partial charge >= 0.3 is 0 Å². The van der Waals surface area contributed by atoms with Crippen LogP contribution >= 0.6 is 0 Å². The highest BCUT2D eigenvalue weighted by molar-refractivity contribution is 7.90. The lowest BCUT2D eigenvalue weighted by Crippen LogP contribution is -2.37. The summed E-state index contributed by atoms with van der Waals surface area (Å²) in [4.78, 5) is 1.22. The number of nitrogens with zero attached hydrogens (tertiary/aromatic N) is 2. The van der Waals surface area contributed by atoms with Crippen LogP contribution in [0.5, 0.6) is 0 Å². The molecule has 0 spiro atoms. The number of halogens is 2. The summed E-state index contributed by atoms with van der Waals surface area (Å²) in [5, 5.41) is 0. The Bertz CT molecular complexity index is 1180. The topological polar surface area (TPSA) is 49.7 Å². The Hall–Kier alpha value is -3.06. The lowest BCUT2D eigenvalue weighted by atomic mass is 9.99.